The summed E-state index contributed by atoms with van der Waals surface area (Å²) in [5, 5.41) is 3.18. The Balaban J connectivity index is 1.83. The predicted molar refractivity (Wildman–Crippen MR) is 79.2 cm³/mol. The van der Waals surface area contributed by atoms with Crippen LogP contribution in [-0.4, -0.2) is 5.91 Å². The van der Waals surface area contributed by atoms with E-state index in [9.17, 15) is 4.79 Å². The van der Waals surface area contributed by atoms with Crippen molar-refractivity contribution in [2.45, 2.75) is 24.9 Å². The van der Waals surface area contributed by atoms with Crippen molar-refractivity contribution in [2.24, 2.45) is 5.73 Å². The van der Waals surface area contributed by atoms with Crippen LogP contribution in [-0.2, 0) is 12.1 Å². The molecule has 1 aliphatic rings. The molecule has 0 unspecified atom stereocenters. The maximum Gasteiger partial charge on any atom is 0.252 e. The van der Waals surface area contributed by atoms with Crippen LogP contribution < -0.4 is 11.1 Å². The SMILES string of the molecule is NCc1ccccc1C(=O)NC1(c2ccccc2)CC1. The first-order chi connectivity index (χ1) is 9.75. The van der Waals surface area contributed by atoms with E-state index < -0.39 is 0 Å². The van der Waals surface area contributed by atoms with E-state index in [2.05, 4.69) is 17.4 Å². The molecule has 2 aromatic carbocycles. The fourth-order valence-electron chi connectivity index (χ4n) is 2.57. The lowest BCUT2D eigenvalue weighted by Crippen LogP contribution is -2.35. The van der Waals surface area contributed by atoms with Gasteiger partial charge in [-0.05, 0) is 30.0 Å². The van der Waals surface area contributed by atoms with E-state index in [0.717, 1.165) is 18.4 Å². The van der Waals surface area contributed by atoms with Gasteiger partial charge in [0.25, 0.3) is 5.91 Å². The highest BCUT2D eigenvalue weighted by Crippen LogP contribution is 2.45. The molecule has 1 aliphatic carbocycles. The van der Waals surface area contributed by atoms with Crippen LogP contribution in [0.25, 0.3) is 0 Å². The van der Waals surface area contributed by atoms with Gasteiger partial charge in [-0.25, -0.2) is 0 Å². The van der Waals surface area contributed by atoms with Gasteiger partial charge in [-0.15, -0.1) is 0 Å². The molecule has 3 rings (SSSR count). The number of nitrogens with two attached hydrogens (primary N) is 1. The van der Waals surface area contributed by atoms with Gasteiger partial charge in [0.2, 0.25) is 0 Å². The van der Waals surface area contributed by atoms with Crippen LogP contribution in [0.15, 0.2) is 54.6 Å². The number of hydrogen-bond acceptors (Lipinski definition) is 2. The first kappa shape index (κ1) is 12.9. The fraction of sp³-hybridized carbons (Fsp3) is 0.235. The molecule has 0 saturated heterocycles. The standard InChI is InChI=1S/C17H18N2O/c18-12-13-6-4-5-9-15(13)16(20)19-17(10-11-17)14-7-2-1-3-8-14/h1-9H,10-12,18H2,(H,19,20). The third-order valence-corrected chi connectivity index (χ3v) is 3.91. The van der Waals surface area contributed by atoms with Gasteiger partial charge in [-0.2, -0.15) is 0 Å². The lowest BCUT2D eigenvalue weighted by atomic mass is 10.0. The van der Waals surface area contributed by atoms with Crippen molar-refractivity contribution in [3.63, 3.8) is 0 Å². The minimum absolute atomic E-state index is 0.0348. The number of nitrogens with one attached hydrogen (secondary N) is 1. The van der Waals surface area contributed by atoms with E-state index in [0.29, 0.717) is 12.1 Å². The fourth-order valence-corrected chi connectivity index (χ4v) is 2.57. The molecular weight excluding hydrogens is 248 g/mol. The molecule has 1 amide bonds. The first-order valence-electron chi connectivity index (χ1n) is 6.91. The van der Waals surface area contributed by atoms with Gasteiger partial charge in [0.05, 0.1) is 5.54 Å². The van der Waals surface area contributed by atoms with Gasteiger partial charge in [-0.3, -0.25) is 4.79 Å². The molecule has 3 nitrogen and oxygen atoms in total. The topological polar surface area (TPSA) is 55.1 Å². The summed E-state index contributed by atoms with van der Waals surface area (Å²) in [6.07, 6.45) is 1.99. The summed E-state index contributed by atoms with van der Waals surface area (Å²) >= 11 is 0. The smallest absolute Gasteiger partial charge is 0.252 e. The van der Waals surface area contributed by atoms with Gasteiger partial charge in [0.1, 0.15) is 0 Å². The number of rotatable bonds is 4. The van der Waals surface area contributed by atoms with E-state index in [-0.39, 0.29) is 11.4 Å². The third kappa shape index (κ3) is 2.32. The number of carbonyl (C=O) groups is 1. The number of benzene rings is 2. The number of hydrogen-bond donors (Lipinski definition) is 2. The van der Waals surface area contributed by atoms with E-state index in [1.807, 2.05) is 42.5 Å². The molecule has 3 heteroatoms. The molecule has 1 saturated carbocycles. The summed E-state index contributed by atoms with van der Waals surface area (Å²) in [4.78, 5) is 12.5. The molecule has 3 N–H and O–H groups in total. The molecule has 2 aromatic rings. The Morgan fingerprint density at radius 3 is 2.35 bits per heavy atom. The molecule has 0 radical (unpaired) electrons. The Hall–Kier alpha value is -2.13. The second-order valence-electron chi connectivity index (χ2n) is 5.26. The zero-order valence-electron chi connectivity index (χ0n) is 11.3. The van der Waals surface area contributed by atoms with Gasteiger partial charge >= 0.3 is 0 Å². The summed E-state index contributed by atoms with van der Waals surface area (Å²) in [7, 11) is 0. The van der Waals surface area contributed by atoms with Crippen molar-refractivity contribution in [1.29, 1.82) is 0 Å². The quantitative estimate of drug-likeness (QED) is 0.893. The van der Waals surface area contributed by atoms with Crippen molar-refractivity contribution in [1.82, 2.24) is 5.32 Å². The highest BCUT2D eigenvalue weighted by atomic mass is 16.1. The molecule has 0 aliphatic heterocycles. The second-order valence-corrected chi connectivity index (χ2v) is 5.26. The summed E-state index contributed by atoms with van der Waals surface area (Å²) in [5.41, 5.74) is 8.26. The van der Waals surface area contributed by atoms with Gasteiger partial charge < -0.3 is 11.1 Å². The predicted octanol–water partition coefficient (Wildman–Crippen LogP) is 2.56. The maximum absolute atomic E-state index is 12.5. The average Bonchev–Trinajstić information content (AvgIpc) is 3.29. The number of carbonyl (C=O) groups excluding carboxylic acids is 1. The van der Waals surface area contributed by atoms with Crippen molar-refractivity contribution < 1.29 is 4.79 Å². The Bertz CT molecular complexity index is 618. The highest BCUT2D eigenvalue weighted by molar-refractivity contribution is 5.96. The Morgan fingerprint density at radius 1 is 1.05 bits per heavy atom. The summed E-state index contributed by atoms with van der Waals surface area (Å²) in [5.74, 6) is -0.0348. The molecule has 0 bridgehead atoms. The second kappa shape index (κ2) is 5.10. The van der Waals surface area contributed by atoms with Crippen LogP contribution in [0.5, 0.6) is 0 Å². The van der Waals surface area contributed by atoms with E-state index in [4.69, 9.17) is 5.73 Å². The molecule has 0 spiro atoms. The summed E-state index contributed by atoms with van der Waals surface area (Å²) in [6, 6.07) is 17.7. The minimum atomic E-state index is -0.181. The molecular formula is C17H18N2O. The van der Waals surface area contributed by atoms with Crippen molar-refractivity contribution >= 4 is 5.91 Å². The number of amides is 1. The Kier molecular flexibility index (Phi) is 3.28. The molecule has 0 heterocycles. The molecule has 1 fully saturated rings. The van der Waals surface area contributed by atoms with Crippen LogP contribution in [0.2, 0.25) is 0 Å². The molecule has 20 heavy (non-hydrogen) atoms. The lowest BCUT2D eigenvalue weighted by Gasteiger charge is -2.19. The Labute approximate surface area is 118 Å². The normalized spacial score (nSPS) is 15.7. The average molecular weight is 266 g/mol. The summed E-state index contributed by atoms with van der Waals surface area (Å²) in [6.45, 7) is 0.377. The third-order valence-electron chi connectivity index (χ3n) is 3.91. The maximum atomic E-state index is 12.5. The van der Waals surface area contributed by atoms with E-state index in [1.54, 1.807) is 0 Å². The van der Waals surface area contributed by atoms with Crippen LogP contribution in [0.3, 0.4) is 0 Å². The largest absolute Gasteiger partial charge is 0.343 e. The van der Waals surface area contributed by atoms with Gasteiger partial charge in [0.15, 0.2) is 0 Å². The first-order valence-corrected chi connectivity index (χ1v) is 6.91. The van der Waals surface area contributed by atoms with E-state index >= 15 is 0 Å². The highest BCUT2D eigenvalue weighted by Gasteiger charge is 2.45. The molecule has 102 valence electrons. The lowest BCUT2D eigenvalue weighted by molar-refractivity contribution is 0.0930. The Morgan fingerprint density at radius 2 is 1.70 bits per heavy atom. The van der Waals surface area contributed by atoms with E-state index in [1.165, 1.54) is 5.56 Å². The van der Waals surface area contributed by atoms with Crippen LogP contribution in [0, 0.1) is 0 Å². The van der Waals surface area contributed by atoms with Crippen molar-refractivity contribution in [2.75, 3.05) is 0 Å². The molecule has 0 atom stereocenters. The van der Waals surface area contributed by atoms with Crippen LogP contribution in [0.4, 0.5) is 0 Å². The zero-order valence-corrected chi connectivity index (χ0v) is 11.3. The van der Waals surface area contributed by atoms with Gasteiger partial charge in [0, 0.05) is 12.1 Å². The van der Waals surface area contributed by atoms with Crippen LogP contribution >= 0.6 is 0 Å². The zero-order chi connectivity index (χ0) is 14.0. The van der Waals surface area contributed by atoms with Crippen LogP contribution in [0.1, 0.15) is 34.3 Å². The van der Waals surface area contributed by atoms with Gasteiger partial charge in [-0.1, -0.05) is 48.5 Å². The minimum Gasteiger partial charge on any atom is -0.343 e. The monoisotopic (exact) mass is 266 g/mol. The molecule has 0 aromatic heterocycles. The van der Waals surface area contributed by atoms with Crippen molar-refractivity contribution in [3.8, 4) is 0 Å². The van der Waals surface area contributed by atoms with Crippen molar-refractivity contribution in [3.05, 3.63) is 71.3 Å². The summed E-state index contributed by atoms with van der Waals surface area (Å²) < 4.78 is 0.